The van der Waals surface area contributed by atoms with Gasteiger partial charge in [-0.15, -0.1) is 0 Å². The zero-order valence-electron chi connectivity index (χ0n) is 12.4. The normalized spacial score (nSPS) is 26.6. The van der Waals surface area contributed by atoms with Gasteiger partial charge in [0, 0.05) is 6.07 Å². The summed E-state index contributed by atoms with van der Waals surface area (Å²) in [7, 11) is 1.57. The highest BCUT2D eigenvalue weighted by atomic mass is 16.7. The van der Waals surface area contributed by atoms with Crippen LogP contribution in [0.15, 0.2) is 27.6 Å². The molecule has 0 radical (unpaired) electrons. The minimum Gasteiger partial charge on any atom is -0.496 e. The molecule has 0 bridgehead atoms. The second-order valence-corrected chi connectivity index (χ2v) is 6.01. The Morgan fingerprint density at radius 3 is 3.04 bits per heavy atom. The van der Waals surface area contributed by atoms with Crippen LogP contribution in [0.5, 0.6) is 11.5 Å². The molecule has 3 heterocycles. The zero-order chi connectivity index (χ0) is 15.7. The van der Waals surface area contributed by atoms with Crippen LogP contribution in [0, 0.1) is 0 Å². The third-order valence-corrected chi connectivity index (χ3v) is 4.88. The van der Waals surface area contributed by atoms with Crippen LogP contribution in [0.1, 0.15) is 35.1 Å². The molecule has 3 aliphatic rings. The van der Waals surface area contributed by atoms with E-state index in [1.54, 1.807) is 19.4 Å². The lowest BCUT2D eigenvalue weighted by Crippen LogP contribution is -2.14. The molecule has 6 heteroatoms. The second kappa shape index (κ2) is 4.29. The third-order valence-electron chi connectivity index (χ3n) is 4.88. The molecular weight excluding hydrogens is 300 g/mol. The molecule has 2 aliphatic heterocycles. The predicted molar refractivity (Wildman–Crippen MR) is 79.7 cm³/mol. The van der Waals surface area contributed by atoms with Crippen molar-refractivity contribution in [3.8, 4) is 11.5 Å². The van der Waals surface area contributed by atoms with Crippen molar-refractivity contribution < 1.29 is 23.7 Å². The first kappa shape index (κ1) is 13.0. The predicted octanol–water partition coefficient (Wildman–Crippen LogP) is 2.13. The van der Waals surface area contributed by atoms with E-state index in [1.165, 1.54) is 0 Å². The van der Waals surface area contributed by atoms with E-state index in [9.17, 15) is 9.90 Å². The number of aliphatic hydroxyl groups is 1. The summed E-state index contributed by atoms with van der Waals surface area (Å²) in [6.45, 7) is 0. The Morgan fingerprint density at radius 2 is 2.22 bits per heavy atom. The summed E-state index contributed by atoms with van der Waals surface area (Å²) in [6.07, 6.45) is 3.43. The first-order valence-electron chi connectivity index (χ1n) is 7.56. The molecule has 0 saturated heterocycles. The van der Waals surface area contributed by atoms with E-state index < -0.39 is 18.0 Å². The highest BCUT2D eigenvalue weighted by molar-refractivity contribution is 5.93. The average molecular weight is 314 g/mol. The van der Waals surface area contributed by atoms with E-state index in [2.05, 4.69) is 0 Å². The van der Waals surface area contributed by atoms with Crippen LogP contribution >= 0.6 is 0 Å². The monoisotopic (exact) mass is 314 g/mol. The first-order valence-corrected chi connectivity index (χ1v) is 7.56. The van der Waals surface area contributed by atoms with Gasteiger partial charge in [0.15, 0.2) is 0 Å². The highest BCUT2D eigenvalue weighted by Gasteiger charge is 2.41. The maximum Gasteiger partial charge on any atom is 0.342 e. The van der Waals surface area contributed by atoms with E-state index >= 15 is 0 Å². The van der Waals surface area contributed by atoms with Gasteiger partial charge in [0.1, 0.15) is 17.1 Å². The third kappa shape index (κ3) is 1.53. The molecule has 0 amide bonds. The van der Waals surface area contributed by atoms with Crippen molar-refractivity contribution >= 4 is 11.0 Å². The first-order chi connectivity index (χ1) is 11.2. The number of rotatable bonds is 1. The highest BCUT2D eigenvalue weighted by Crippen LogP contribution is 2.50. The van der Waals surface area contributed by atoms with Crippen molar-refractivity contribution in [1.82, 2.24) is 0 Å². The lowest BCUT2D eigenvalue weighted by atomic mass is 9.95. The molecule has 2 unspecified atom stereocenters. The lowest BCUT2D eigenvalue weighted by Gasteiger charge is -2.13. The maximum absolute atomic E-state index is 12.4. The van der Waals surface area contributed by atoms with Gasteiger partial charge < -0.3 is 23.7 Å². The summed E-state index contributed by atoms with van der Waals surface area (Å²) in [5.74, 6) is 1.08. The molecule has 3 atom stereocenters. The van der Waals surface area contributed by atoms with Crippen LogP contribution in [0.2, 0.25) is 0 Å². The average Bonchev–Trinajstić information content (AvgIpc) is 3.20. The number of ether oxygens (including phenoxy) is 3. The quantitative estimate of drug-likeness (QED) is 0.812. The number of aryl methyl sites for hydroxylation is 1. The Balaban J connectivity index is 1.92. The number of hydrogen-bond donors (Lipinski definition) is 1. The number of benzene rings is 1. The van der Waals surface area contributed by atoms with Gasteiger partial charge in [0.25, 0.3) is 6.29 Å². The Kier molecular flexibility index (Phi) is 2.43. The fourth-order valence-corrected chi connectivity index (χ4v) is 3.86. The summed E-state index contributed by atoms with van der Waals surface area (Å²) in [6, 6.07) is 1.80. The van der Waals surface area contributed by atoms with Gasteiger partial charge in [-0.2, -0.15) is 0 Å². The molecule has 1 aromatic heterocycles. The fourth-order valence-electron chi connectivity index (χ4n) is 3.86. The Hall–Kier alpha value is -2.47. The molecule has 5 rings (SSSR count). The van der Waals surface area contributed by atoms with Gasteiger partial charge in [0.2, 0.25) is 0 Å². The fraction of sp³-hybridized carbons (Fsp3) is 0.353. The number of fused-ring (bicyclic) bond motifs is 7. The Bertz CT molecular complexity index is 925. The van der Waals surface area contributed by atoms with Gasteiger partial charge in [-0.3, -0.25) is 0 Å². The van der Waals surface area contributed by atoms with Crippen LogP contribution in [-0.4, -0.2) is 18.5 Å². The largest absolute Gasteiger partial charge is 0.496 e. The number of aliphatic hydroxyl groups excluding tert-OH is 1. The standard InChI is InChI=1S/C17H14O6/c1-20-10-6-11-14(8-4-5-21-17(8)22-11)15-13(10)7-2-3-9(18)12(7)16(19)23-15/h4-6,8-9,17-18H,2-3H2,1H3/t8?,9-,17?/m1/s1. The van der Waals surface area contributed by atoms with Crippen molar-refractivity contribution in [1.29, 1.82) is 0 Å². The molecule has 0 fully saturated rings. The summed E-state index contributed by atoms with van der Waals surface area (Å²) in [5, 5.41) is 10.8. The zero-order valence-corrected chi connectivity index (χ0v) is 12.4. The van der Waals surface area contributed by atoms with Crippen molar-refractivity contribution in [2.45, 2.75) is 31.2 Å². The summed E-state index contributed by atoms with van der Waals surface area (Å²) in [5.41, 5.74) is 1.96. The molecule has 1 N–H and O–H groups in total. The SMILES string of the molecule is COc1cc2c(c3oc(=O)c4c(c13)CC[C@H]4O)C1C=COC1O2. The lowest BCUT2D eigenvalue weighted by molar-refractivity contribution is -0.00485. The Morgan fingerprint density at radius 1 is 1.35 bits per heavy atom. The topological polar surface area (TPSA) is 78.1 Å². The number of hydrogen-bond acceptors (Lipinski definition) is 6. The Labute approximate surface area is 130 Å². The van der Waals surface area contributed by atoms with Gasteiger partial charge in [-0.1, -0.05) is 0 Å². The molecule has 1 aliphatic carbocycles. The molecule has 1 aromatic carbocycles. The van der Waals surface area contributed by atoms with E-state index in [0.717, 1.165) is 16.5 Å². The van der Waals surface area contributed by atoms with Gasteiger partial charge in [-0.05, 0) is 24.5 Å². The number of methoxy groups -OCH3 is 1. The van der Waals surface area contributed by atoms with E-state index in [4.69, 9.17) is 18.6 Å². The van der Waals surface area contributed by atoms with Crippen molar-refractivity contribution in [3.05, 3.63) is 45.5 Å². The second-order valence-electron chi connectivity index (χ2n) is 6.01. The summed E-state index contributed by atoms with van der Waals surface area (Å²) >= 11 is 0. The minimum atomic E-state index is -0.776. The molecule has 0 spiro atoms. The van der Waals surface area contributed by atoms with Crippen molar-refractivity contribution in [3.63, 3.8) is 0 Å². The van der Waals surface area contributed by atoms with Gasteiger partial charge >= 0.3 is 5.63 Å². The van der Waals surface area contributed by atoms with Crippen LogP contribution in [0.4, 0.5) is 0 Å². The van der Waals surface area contributed by atoms with E-state index in [1.807, 2.05) is 6.08 Å². The van der Waals surface area contributed by atoms with Crippen LogP contribution in [0.25, 0.3) is 11.0 Å². The summed E-state index contributed by atoms with van der Waals surface area (Å²) < 4.78 is 22.3. The van der Waals surface area contributed by atoms with Crippen molar-refractivity contribution in [2.75, 3.05) is 7.11 Å². The van der Waals surface area contributed by atoms with Crippen LogP contribution in [0.3, 0.4) is 0 Å². The van der Waals surface area contributed by atoms with Crippen LogP contribution < -0.4 is 15.1 Å². The molecule has 6 nitrogen and oxygen atoms in total. The van der Waals surface area contributed by atoms with Crippen LogP contribution in [-0.2, 0) is 11.2 Å². The maximum atomic E-state index is 12.4. The molecule has 118 valence electrons. The van der Waals surface area contributed by atoms with E-state index in [0.29, 0.717) is 35.5 Å². The minimum absolute atomic E-state index is 0.106. The molecule has 0 saturated carbocycles. The molecule has 23 heavy (non-hydrogen) atoms. The smallest absolute Gasteiger partial charge is 0.342 e. The summed E-state index contributed by atoms with van der Waals surface area (Å²) in [4.78, 5) is 12.4. The van der Waals surface area contributed by atoms with Gasteiger partial charge in [-0.25, -0.2) is 4.79 Å². The van der Waals surface area contributed by atoms with Crippen molar-refractivity contribution in [2.24, 2.45) is 0 Å². The molecule has 2 aromatic rings. The van der Waals surface area contributed by atoms with E-state index in [-0.39, 0.29) is 5.92 Å². The van der Waals surface area contributed by atoms with Gasteiger partial charge in [0.05, 0.1) is 41.9 Å². The molecular formula is C17H14O6.